The largest absolute Gasteiger partial charge is 0.433 e. The van der Waals surface area contributed by atoms with E-state index in [0.29, 0.717) is 6.54 Å². The van der Waals surface area contributed by atoms with E-state index >= 15 is 0 Å². The quantitative estimate of drug-likeness (QED) is 0.317. The Bertz CT molecular complexity index is 194. The first-order valence-electron chi connectivity index (χ1n) is 3.74. The van der Waals surface area contributed by atoms with Crippen LogP contribution in [0, 0.1) is 0 Å². The van der Waals surface area contributed by atoms with Gasteiger partial charge in [-0.2, -0.15) is 0 Å². The summed E-state index contributed by atoms with van der Waals surface area (Å²) in [6, 6.07) is 0. The summed E-state index contributed by atoms with van der Waals surface area (Å²) in [6.07, 6.45) is 1.33. The van der Waals surface area contributed by atoms with Gasteiger partial charge in [0.2, 0.25) is 0 Å². The maximum absolute atomic E-state index is 10.7. The van der Waals surface area contributed by atoms with E-state index in [9.17, 15) is 4.79 Å². The van der Waals surface area contributed by atoms with E-state index in [1.54, 1.807) is 0 Å². The monoisotopic (exact) mass is 205 g/mol. The van der Waals surface area contributed by atoms with E-state index in [1.807, 2.05) is 25.3 Å². The van der Waals surface area contributed by atoms with Crippen molar-refractivity contribution in [2.45, 2.75) is 0 Å². The van der Waals surface area contributed by atoms with Gasteiger partial charge in [-0.3, -0.25) is 4.84 Å². The minimum absolute atomic E-state index is 0.551. The van der Waals surface area contributed by atoms with E-state index < -0.39 is 6.09 Å². The van der Waals surface area contributed by atoms with Crippen LogP contribution in [0.5, 0.6) is 0 Å². The molecule has 13 heavy (non-hydrogen) atoms. The molecular formula is C7H15N3O2S. The Morgan fingerprint density at radius 2 is 2.23 bits per heavy atom. The van der Waals surface area contributed by atoms with Crippen LogP contribution in [0.4, 0.5) is 4.79 Å². The van der Waals surface area contributed by atoms with Crippen molar-refractivity contribution in [3.05, 3.63) is 0 Å². The molecule has 0 aromatic carbocycles. The highest BCUT2D eigenvalue weighted by atomic mass is 32.2. The van der Waals surface area contributed by atoms with Crippen molar-refractivity contribution >= 4 is 22.9 Å². The Hall–Kier alpha value is -0.750. The maximum Gasteiger partial charge on any atom is 0.433 e. The fourth-order valence-electron chi connectivity index (χ4n) is 0.539. The highest BCUT2D eigenvalue weighted by molar-refractivity contribution is 8.13. The van der Waals surface area contributed by atoms with Crippen LogP contribution in [0.1, 0.15) is 0 Å². The molecule has 5 nitrogen and oxygen atoms in total. The number of nitrogens with one attached hydrogen (secondary N) is 1. The van der Waals surface area contributed by atoms with E-state index in [0.717, 1.165) is 5.04 Å². The number of rotatable bonds is 3. The van der Waals surface area contributed by atoms with E-state index in [1.165, 1.54) is 18.8 Å². The zero-order valence-corrected chi connectivity index (χ0v) is 9.14. The van der Waals surface area contributed by atoms with Crippen molar-refractivity contribution in [2.75, 3.05) is 33.9 Å². The number of thioether (sulfide) groups is 1. The van der Waals surface area contributed by atoms with Crippen LogP contribution < -0.4 is 5.32 Å². The number of carbonyl (C=O) groups is 1. The van der Waals surface area contributed by atoms with Crippen molar-refractivity contribution in [1.82, 2.24) is 10.2 Å². The lowest BCUT2D eigenvalue weighted by molar-refractivity contribution is 0.153. The molecule has 0 radical (unpaired) electrons. The molecule has 0 unspecified atom stereocenters. The summed E-state index contributed by atoms with van der Waals surface area (Å²) >= 11 is 1.45. The molecule has 0 aliphatic heterocycles. The molecule has 0 aromatic heterocycles. The minimum Gasteiger partial charge on any atom is -0.323 e. The van der Waals surface area contributed by atoms with E-state index in [-0.39, 0.29) is 0 Å². The van der Waals surface area contributed by atoms with Gasteiger partial charge < -0.3 is 10.2 Å². The Labute approximate surface area is 82.5 Å². The molecule has 0 bridgehead atoms. The van der Waals surface area contributed by atoms with Crippen LogP contribution in [-0.4, -0.2) is 50.0 Å². The third kappa shape index (κ3) is 6.41. The molecule has 0 atom stereocenters. The molecule has 0 saturated carbocycles. The highest BCUT2D eigenvalue weighted by Crippen LogP contribution is 2.00. The number of hydrogen-bond donors (Lipinski definition) is 1. The summed E-state index contributed by atoms with van der Waals surface area (Å²) in [4.78, 5) is 17.1. The molecule has 0 rings (SSSR count). The second-order valence-electron chi connectivity index (χ2n) is 2.56. The molecule has 0 spiro atoms. The van der Waals surface area contributed by atoms with Crippen molar-refractivity contribution in [3.63, 3.8) is 0 Å². The van der Waals surface area contributed by atoms with Gasteiger partial charge in [-0.05, 0) is 20.4 Å². The third-order valence-electron chi connectivity index (χ3n) is 1.12. The zero-order valence-electron chi connectivity index (χ0n) is 8.33. The molecule has 6 heteroatoms. The Morgan fingerprint density at radius 1 is 1.62 bits per heavy atom. The second-order valence-corrected chi connectivity index (χ2v) is 3.44. The molecule has 0 aliphatic rings. The van der Waals surface area contributed by atoms with Gasteiger partial charge in [0.15, 0.2) is 0 Å². The predicted molar refractivity (Wildman–Crippen MR) is 55.0 cm³/mol. The van der Waals surface area contributed by atoms with Crippen LogP contribution in [-0.2, 0) is 4.84 Å². The van der Waals surface area contributed by atoms with Crippen LogP contribution in [0.15, 0.2) is 5.16 Å². The van der Waals surface area contributed by atoms with Gasteiger partial charge in [-0.25, -0.2) is 4.79 Å². The fourth-order valence-corrected chi connectivity index (χ4v) is 1.04. The Balaban J connectivity index is 3.99. The normalized spacial score (nSPS) is 11.6. The van der Waals surface area contributed by atoms with Crippen LogP contribution in [0.2, 0.25) is 0 Å². The lowest BCUT2D eigenvalue weighted by Gasteiger charge is -2.08. The fraction of sp³-hybridized carbons (Fsp3) is 0.714. The topological polar surface area (TPSA) is 53.9 Å². The highest BCUT2D eigenvalue weighted by Gasteiger charge is 2.02. The minimum atomic E-state index is -0.551. The number of carbonyl (C=O) groups excluding carboxylic acids is 1. The Morgan fingerprint density at radius 3 is 2.62 bits per heavy atom. The molecule has 0 aliphatic carbocycles. The van der Waals surface area contributed by atoms with Crippen LogP contribution in [0.25, 0.3) is 0 Å². The van der Waals surface area contributed by atoms with Crippen molar-refractivity contribution in [2.24, 2.45) is 5.16 Å². The number of oxime groups is 1. The second kappa shape index (κ2) is 6.73. The summed E-state index contributed by atoms with van der Waals surface area (Å²) < 4.78 is 0. The average molecular weight is 205 g/mol. The molecular weight excluding hydrogens is 190 g/mol. The number of amides is 1. The van der Waals surface area contributed by atoms with Crippen molar-refractivity contribution < 1.29 is 9.63 Å². The third-order valence-corrected chi connectivity index (χ3v) is 1.80. The standard InChI is InChI=1S/C7H15N3O2S/c1-8-7(11)12-9-6(13-4)5-10(2)3/h5H2,1-4H3,(H,8,11)/b9-6-. The van der Waals surface area contributed by atoms with Gasteiger partial charge in [-0.15, -0.1) is 11.8 Å². The number of hydrogen-bond acceptors (Lipinski definition) is 5. The summed E-state index contributed by atoms with van der Waals surface area (Å²) in [5, 5.41) is 6.74. The first kappa shape index (κ1) is 12.2. The molecule has 0 fully saturated rings. The lowest BCUT2D eigenvalue weighted by Crippen LogP contribution is -2.22. The first-order valence-corrected chi connectivity index (χ1v) is 4.97. The van der Waals surface area contributed by atoms with Crippen LogP contribution >= 0.6 is 11.8 Å². The smallest absolute Gasteiger partial charge is 0.323 e. The van der Waals surface area contributed by atoms with Gasteiger partial charge in [0, 0.05) is 13.6 Å². The molecule has 0 saturated heterocycles. The molecule has 0 aromatic rings. The number of nitrogens with zero attached hydrogens (tertiary/aromatic N) is 2. The molecule has 1 amide bonds. The molecule has 76 valence electrons. The van der Waals surface area contributed by atoms with Gasteiger partial charge >= 0.3 is 6.09 Å². The van der Waals surface area contributed by atoms with Gasteiger partial charge in [0.25, 0.3) is 0 Å². The van der Waals surface area contributed by atoms with Crippen LogP contribution in [0.3, 0.4) is 0 Å². The van der Waals surface area contributed by atoms with Crippen molar-refractivity contribution in [1.29, 1.82) is 0 Å². The maximum atomic E-state index is 10.7. The summed E-state index contributed by atoms with van der Waals surface area (Å²) in [6.45, 7) is 0.665. The summed E-state index contributed by atoms with van der Waals surface area (Å²) in [7, 11) is 5.33. The SMILES string of the molecule is CNC(=O)O/N=C(/CN(C)C)SC. The van der Waals surface area contributed by atoms with Crippen molar-refractivity contribution in [3.8, 4) is 0 Å². The van der Waals surface area contributed by atoms with E-state index in [2.05, 4.69) is 15.3 Å². The zero-order chi connectivity index (χ0) is 10.3. The summed E-state index contributed by atoms with van der Waals surface area (Å²) in [5.74, 6) is 0. The average Bonchev–Trinajstić information content (AvgIpc) is 2.10. The molecule has 0 heterocycles. The Kier molecular flexibility index (Phi) is 6.34. The predicted octanol–water partition coefficient (Wildman–Crippen LogP) is 0.580. The van der Waals surface area contributed by atoms with Gasteiger partial charge in [-0.1, -0.05) is 5.16 Å². The lowest BCUT2D eigenvalue weighted by atomic mass is 10.6. The van der Waals surface area contributed by atoms with Gasteiger partial charge in [0.1, 0.15) is 5.04 Å². The van der Waals surface area contributed by atoms with Gasteiger partial charge in [0.05, 0.1) is 0 Å². The van der Waals surface area contributed by atoms with E-state index in [4.69, 9.17) is 0 Å². The first-order chi connectivity index (χ1) is 6.10. The molecule has 1 N–H and O–H groups in total. The summed E-state index contributed by atoms with van der Waals surface area (Å²) in [5.41, 5.74) is 0.